The molecule has 1 unspecified atom stereocenters. The van der Waals surface area contributed by atoms with Crippen LogP contribution in [0.5, 0.6) is 0 Å². The Morgan fingerprint density at radius 2 is 1.67 bits per heavy atom. The van der Waals surface area contributed by atoms with E-state index < -0.39 is 27.4 Å². The van der Waals surface area contributed by atoms with Gasteiger partial charge in [-0.2, -0.15) is 0 Å². The van der Waals surface area contributed by atoms with Crippen molar-refractivity contribution in [2.75, 3.05) is 52.6 Å². The summed E-state index contributed by atoms with van der Waals surface area (Å²) in [4.78, 5) is 30.2. The summed E-state index contributed by atoms with van der Waals surface area (Å²) in [7, 11) is 0. The van der Waals surface area contributed by atoms with Gasteiger partial charge >= 0.3 is 226 Å². The van der Waals surface area contributed by atoms with Crippen LogP contribution in [0.15, 0.2) is 49.1 Å². The Balaban J connectivity index is 1.24. The second-order valence-corrected chi connectivity index (χ2v) is 12.1. The van der Waals surface area contributed by atoms with E-state index in [1.165, 1.54) is 12.1 Å². The van der Waals surface area contributed by atoms with E-state index in [1.807, 2.05) is 17.0 Å². The molecule has 3 aromatic heterocycles. The fourth-order valence-corrected chi connectivity index (χ4v) is 6.67. The number of ether oxygens (including phenoxy) is 2. The number of hydrogen-bond donors (Lipinski definition) is 0. The summed E-state index contributed by atoms with van der Waals surface area (Å²) in [5.74, 6) is -1.24. The summed E-state index contributed by atoms with van der Waals surface area (Å²) < 4.78 is 44.0. The SMILES string of the molecule is O=C(c1cncc([AsH]c2ncc3ccn(-c4cc(F)c(CN5CCOCC5)c(F)c4)c3n2)c1)N1CCOCC1. The minimum atomic E-state index is -1.02. The van der Waals surface area contributed by atoms with Crippen LogP contribution in [0.2, 0.25) is 0 Å². The Bertz CT molecular complexity index is 1480. The van der Waals surface area contributed by atoms with Crippen molar-refractivity contribution < 1.29 is 23.0 Å². The second-order valence-electron chi connectivity index (χ2n) is 9.43. The molecule has 0 bridgehead atoms. The van der Waals surface area contributed by atoms with Gasteiger partial charge in [-0.15, -0.1) is 0 Å². The molecule has 0 aliphatic carbocycles. The predicted octanol–water partition coefficient (Wildman–Crippen LogP) is 0.786. The molecule has 9 nitrogen and oxygen atoms in total. The molecule has 6 rings (SSSR count). The van der Waals surface area contributed by atoms with Crippen molar-refractivity contribution in [1.82, 2.24) is 29.3 Å². The quantitative estimate of drug-likeness (QED) is 0.305. The molecule has 1 amide bonds. The van der Waals surface area contributed by atoms with Gasteiger partial charge in [0.1, 0.15) is 0 Å². The van der Waals surface area contributed by atoms with Crippen molar-refractivity contribution in [1.29, 1.82) is 0 Å². The fourth-order valence-electron chi connectivity index (χ4n) is 4.75. The van der Waals surface area contributed by atoms with E-state index in [9.17, 15) is 4.79 Å². The van der Waals surface area contributed by atoms with Crippen molar-refractivity contribution in [3.8, 4) is 5.69 Å². The van der Waals surface area contributed by atoms with Gasteiger partial charge in [0.05, 0.1) is 0 Å². The second kappa shape index (κ2) is 11.5. The molecule has 1 atom stereocenters. The topological polar surface area (TPSA) is 85.6 Å². The Hall–Kier alpha value is -3.24. The van der Waals surface area contributed by atoms with Gasteiger partial charge in [0, 0.05) is 0 Å². The fraction of sp³-hybridized carbons (Fsp3) is 0.333. The van der Waals surface area contributed by atoms with Gasteiger partial charge in [0.25, 0.3) is 0 Å². The average Bonchev–Trinajstić information content (AvgIpc) is 3.39. The zero-order valence-electron chi connectivity index (χ0n) is 21.1. The first-order valence-electron chi connectivity index (χ1n) is 12.8. The van der Waals surface area contributed by atoms with E-state index in [-0.39, 0.29) is 18.0 Å². The van der Waals surface area contributed by atoms with Gasteiger partial charge in [-0.25, -0.2) is 0 Å². The van der Waals surface area contributed by atoms with Crippen molar-refractivity contribution in [2.24, 2.45) is 0 Å². The van der Waals surface area contributed by atoms with Crippen LogP contribution in [0.1, 0.15) is 15.9 Å². The first-order valence-corrected chi connectivity index (χ1v) is 14.9. The number of carbonyl (C=O) groups excluding carboxylic acids is 1. The molecule has 2 fully saturated rings. The number of carbonyl (C=O) groups is 1. The molecule has 4 aromatic rings. The average molecular weight is 596 g/mol. The third-order valence-corrected chi connectivity index (χ3v) is 9.01. The number of amides is 1. The number of halogens is 2. The van der Waals surface area contributed by atoms with Gasteiger partial charge in [-0.05, 0) is 0 Å². The van der Waals surface area contributed by atoms with Crippen molar-refractivity contribution in [3.05, 3.63) is 71.8 Å². The summed E-state index contributed by atoms with van der Waals surface area (Å²) in [5, 5.41) is 0.762. The molecule has 39 heavy (non-hydrogen) atoms. The predicted molar refractivity (Wildman–Crippen MR) is 142 cm³/mol. The Morgan fingerprint density at radius 3 is 2.41 bits per heavy atom. The van der Waals surface area contributed by atoms with E-state index in [2.05, 4.69) is 9.97 Å². The third kappa shape index (κ3) is 5.72. The standard InChI is InChI=1S/C27H27AsF2N6O3/c29-23-12-21(13-24(30)22(23)17-34-3-7-38-8-4-34)36-2-1-18-15-32-27(33-25(18)36)28-20-11-19(14-31-16-20)26(37)35-5-9-39-10-6-35/h1-2,11-16,28H,3-10,17H2. The van der Waals surface area contributed by atoms with E-state index in [1.54, 1.807) is 34.3 Å². The van der Waals surface area contributed by atoms with Gasteiger partial charge in [-0.3, -0.25) is 0 Å². The summed E-state index contributed by atoms with van der Waals surface area (Å²) in [6.45, 7) is 4.80. The zero-order valence-corrected chi connectivity index (χ0v) is 23.2. The summed E-state index contributed by atoms with van der Waals surface area (Å²) in [5.41, 5.74) is 1.51. The zero-order chi connectivity index (χ0) is 26.8. The Labute approximate surface area is 230 Å². The van der Waals surface area contributed by atoms with E-state index in [0.29, 0.717) is 74.1 Å². The normalized spacial score (nSPS) is 16.9. The van der Waals surface area contributed by atoms with E-state index >= 15 is 8.78 Å². The summed E-state index contributed by atoms with van der Waals surface area (Å²) >= 11 is -1.02. The van der Waals surface area contributed by atoms with Crippen LogP contribution in [-0.2, 0) is 16.0 Å². The van der Waals surface area contributed by atoms with Crippen LogP contribution in [0, 0.1) is 11.6 Å². The van der Waals surface area contributed by atoms with Crippen LogP contribution in [0.3, 0.4) is 0 Å². The first kappa shape index (κ1) is 26.0. The minimum absolute atomic E-state index is 0.0538. The molecule has 2 aliphatic rings. The van der Waals surface area contributed by atoms with Gasteiger partial charge in [-0.1, -0.05) is 0 Å². The van der Waals surface area contributed by atoms with Gasteiger partial charge in [0.2, 0.25) is 0 Å². The maximum absolute atomic E-state index is 15.1. The van der Waals surface area contributed by atoms with Crippen molar-refractivity contribution in [3.63, 3.8) is 0 Å². The molecular formula is C27H27AsF2N6O3. The third-order valence-electron chi connectivity index (χ3n) is 6.86. The summed E-state index contributed by atoms with van der Waals surface area (Å²) in [6.07, 6.45) is 6.77. The molecule has 12 heteroatoms. The van der Waals surface area contributed by atoms with Crippen molar-refractivity contribution >= 4 is 41.7 Å². The van der Waals surface area contributed by atoms with Crippen LogP contribution >= 0.6 is 0 Å². The van der Waals surface area contributed by atoms with E-state index in [0.717, 1.165) is 9.74 Å². The van der Waals surface area contributed by atoms with Crippen molar-refractivity contribution in [2.45, 2.75) is 6.54 Å². The number of morpholine rings is 2. The molecule has 0 spiro atoms. The number of aromatic nitrogens is 4. The first-order chi connectivity index (χ1) is 19.0. The van der Waals surface area contributed by atoms with Gasteiger partial charge in [0.15, 0.2) is 0 Å². The molecule has 0 N–H and O–H groups in total. The molecule has 0 radical (unpaired) electrons. The number of benzene rings is 1. The molecule has 1 aromatic carbocycles. The van der Waals surface area contributed by atoms with Crippen LogP contribution in [0.4, 0.5) is 8.78 Å². The number of pyridine rings is 1. The molecule has 2 saturated heterocycles. The number of rotatable bonds is 6. The van der Waals surface area contributed by atoms with Crippen LogP contribution in [0.25, 0.3) is 16.7 Å². The molecule has 202 valence electrons. The number of nitrogens with zero attached hydrogens (tertiary/aromatic N) is 6. The van der Waals surface area contributed by atoms with E-state index in [4.69, 9.17) is 14.5 Å². The van der Waals surface area contributed by atoms with Crippen LogP contribution in [-0.4, -0.2) is 104 Å². The Morgan fingerprint density at radius 1 is 0.949 bits per heavy atom. The molecule has 5 heterocycles. The molecular weight excluding hydrogens is 569 g/mol. The monoisotopic (exact) mass is 596 g/mol. The molecule has 0 saturated carbocycles. The number of fused-ring (bicyclic) bond motifs is 1. The number of hydrogen-bond acceptors (Lipinski definition) is 7. The van der Waals surface area contributed by atoms with Crippen LogP contribution < -0.4 is 8.96 Å². The van der Waals surface area contributed by atoms with Gasteiger partial charge < -0.3 is 4.74 Å². The molecule has 2 aliphatic heterocycles. The summed E-state index contributed by atoms with van der Waals surface area (Å²) in [6, 6.07) is 6.37. The maximum atomic E-state index is 15.1. The Kier molecular flexibility index (Phi) is 7.65.